The van der Waals surface area contributed by atoms with Crippen LogP contribution in [0.3, 0.4) is 0 Å². The molecule has 3 heterocycles. The summed E-state index contributed by atoms with van der Waals surface area (Å²) in [6.45, 7) is 5.14. The number of carbonyl (C=O) groups excluding carboxylic acids is 2. The van der Waals surface area contributed by atoms with Crippen LogP contribution in [0.1, 0.15) is 82.9 Å². The van der Waals surface area contributed by atoms with Gasteiger partial charge in [0.2, 0.25) is 0 Å². The molecule has 0 bridgehead atoms. The Labute approximate surface area is 192 Å². The number of ether oxygens (including phenoxy) is 1. The number of esters is 1. The predicted octanol–water partition coefficient (Wildman–Crippen LogP) is 4.45. The van der Waals surface area contributed by atoms with E-state index in [1.54, 1.807) is 0 Å². The number of carbonyl (C=O) groups is 2. The van der Waals surface area contributed by atoms with Gasteiger partial charge in [-0.2, -0.15) is 0 Å². The van der Waals surface area contributed by atoms with Crippen molar-refractivity contribution in [3.8, 4) is 0 Å². The molecule has 1 fully saturated rings. The normalized spacial score (nSPS) is 20.9. The molecule has 3 atom stereocenters. The number of methoxy groups -OCH3 is 1. The van der Waals surface area contributed by atoms with Crippen molar-refractivity contribution in [1.29, 1.82) is 0 Å². The van der Waals surface area contributed by atoms with Gasteiger partial charge in [-0.25, -0.2) is 14.6 Å². The second kappa shape index (κ2) is 12.1. The number of anilines is 1. The van der Waals surface area contributed by atoms with Crippen molar-refractivity contribution in [2.75, 3.05) is 19.0 Å². The summed E-state index contributed by atoms with van der Waals surface area (Å²) in [5.41, 5.74) is 2.50. The van der Waals surface area contributed by atoms with Gasteiger partial charge in [-0.3, -0.25) is 0 Å². The van der Waals surface area contributed by atoms with Gasteiger partial charge in [0.1, 0.15) is 11.9 Å². The second-order valence-electron chi connectivity index (χ2n) is 9.35. The van der Waals surface area contributed by atoms with E-state index in [0.29, 0.717) is 6.42 Å². The fraction of sp³-hybridized carbons (Fsp3) is 0.720. The van der Waals surface area contributed by atoms with E-state index in [0.717, 1.165) is 75.8 Å². The molecular formula is C25H40N4O3. The third-order valence-corrected chi connectivity index (χ3v) is 6.85. The standard InChI is InChI=1S/C25H40N4O3/c1-18-13-14-19(2)29(18)25(31)28-22(24(30)32-3)12-8-6-4-5-7-11-21-16-15-20-10-9-17-26-23(20)27-21/h15-16,18-19,22H,4-14,17H2,1-3H3,(H,26,27)(H,28,31)/t18-,19+,22-/m0/s1. The number of hydrogen-bond acceptors (Lipinski definition) is 5. The number of urea groups is 1. The number of nitrogens with zero attached hydrogens (tertiary/aromatic N) is 2. The smallest absolute Gasteiger partial charge is 0.328 e. The van der Waals surface area contributed by atoms with E-state index in [2.05, 4.69) is 36.6 Å². The molecule has 0 spiro atoms. The highest BCUT2D eigenvalue weighted by molar-refractivity contribution is 5.84. The maximum Gasteiger partial charge on any atom is 0.328 e. The zero-order valence-corrected chi connectivity index (χ0v) is 20.0. The van der Waals surface area contributed by atoms with Gasteiger partial charge in [-0.15, -0.1) is 0 Å². The van der Waals surface area contributed by atoms with Gasteiger partial charge < -0.3 is 20.3 Å². The van der Waals surface area contributed by atoms with Gasteiger partial charge in [-0.1, -0.05) is 31.7 Å². The van der Waals surface area contributed by atoms with Crippen LogP contribution in [0.25, 0.3) is 0 Å². The molecule has 0 aliphatic carbocycles. The molecule has 32 heavy (non-hydrogen) atoms. The first-order valence-corrected chi connectivity index (χ1v) is 12.4. The lowest BCUT2D eigenvalue weighted by atomic mass is 10.0. The van der Waals surface area contributed by atoms with Gasteiger partial charge in [0.05, 0.1) is 7.11 Å². The third-order valence-electron chi connectivity index (χ3n) is 6.85. The average Bonchev–Trinajstić information content (AvgIpc) is 3.14. The summed E-state index contributed by atoms with van der Waals surface area (Å²) < 4.78 is 4.93. The number of aromatic nitrogens is 1. The minimum Gasteiger partial charge on any atom is -0.467 e. The molecule has 2 N–H and O–H groups in total. The highest BCUT2D eigenvalue weighted by Gasteiger charge is 2.33. The lowest BCUT2D eigenvalue weighted by molar-refractivity contribution is -0.143. The Hall–Kier alpha value is -2.31. The molecule has 2 aliphatic heterocycles. The lowest BCUT2D eigenvalue weighted by Crippen LogP contribution is -2.51. The van der Waals surface area contributed by atoms with E-state index in [-0.39, 0.29) is 24.1 Å². The van der Waals surface area contributed by atoms with Gasteiger partial charge in [-0.05, 0) is 70.4 Å². The summed E-state index contributed by atoms with van der Waals surface area (Å²) in [7, 11) is 1.38. The molecular weight excluding hydrogens is 404 g/mol. The van der Waals surface area contributed by atoms with Crippen LogP contribution in [0.2, 0.25) is 0 Å². The first kappa shape index (κ1) is 24.3. The van der Waals surface area contributed by atoms with Crippen molar-refractivity contribution in [2.45, 2.75) is 103 Å². The molecule has 3 rings (SSSR count). The van der Waals surface area contributed by atoms with Crippen LogP contribution < -0.4 is 10.6 Å². The lowest BCUT2D eigenvalue weighted by Gasteiger charge is -2.28. The van der Waals surface area contributed by atoms with E-state index in [1.165, 1.54) is 19.1 Å². The molecule has 7 nitrogen and oxygen atoms in total. The first-order chi connectivity index (χ1) is 15.5. The average molecular weight is 445 g/mol. The number of likely N-dealkylation sites (tertiary alicyclic amines) is 1. The molecule has 2 amide bonds. The van der Waals surface area contributed by atoms with E-state index >= 15 is 0 Å². The molecule has 0 saturated carbocycles. The predicted molar refractivity (Wildman–Crippen MR) is 127 cm³/mol. The Morgan fingerprint density at radius 3 is 2.62 bits per heavy atom. The first-order valence-electron chi connectivity index (χ1n) is 12.4. The van der Waals surface area contributed by atoms with Crippen molar-refractivity contribution in [2.24, 2.45) is 0 Å². The molecule has 1 aromatic heterocycles. The Balaban J connectivity index is 1.34. The van der Waals surface area contributed by atoms with Crippen LogP contribution in [-0.4, -0.2) is 53.7 Å². The van der Waals surface area contributed by atoms with Gasteiger partial charge in [0.15, 0.2) is 0 Å². The minimum atomic E-state index is -0.570. The summed E-state index contributed by atoms with van der Waals surface area (Å²) in [5, 5.41) is 6.32. The number of nitrogens with one attached hydrogen (secondary N) is 2. The fourth-order valence-corrected chi connectivity index (χ4v) is 4.90. The molecule has 178 valence electrons. The molecule has 0 unspecified atom stereocenters. The van der Waals surface area contributed by atoms with E-state index < -0.39 is 6.04 Å². The van der Waals surface area contributed by atoms with Crippen LogP contribution >= 0.6 is 0 Å². The van der Waals surface area contributed by atoms with Crippen LogP contribution in [0.5, 0.6) is 0 Å². The molecule has 0 radical (unpaired) electrons. The highest BCUT2D eigenvalue weighted by Crippen LogP contribution is 2.24. The highest BCUT2D eigenvalue weighted by atomic mass is 16.5. The Bertz CT molecular complexity index is 760. The van der Waals surface area contributed by atoms with Gasteiger partial charge >= 0.3 is 12.0 Å². The van der Waals surface area contributed by atoms with Crippen molar-refractivity contribution >= 4 is 17.8 Å². The van der Waals surface area contributed by atoms with Crippen molar-refractivity contribution in [1.82, 2.24) is 15.2 Å². The SMILES string of the molecule is COC(=O)[C@H](CCCCCCCc1ccc2c(n1)NCCC2)NC(=O)N1[C@H](C)CC[C@@H]1C. The monoisotopic (exact) mass is 444 g/mol. The van der Waals surface area contributed by atoms with Crippen LogP contribution in [-0.2, 0) is 22.4 Å². The number of fused-ring (bicyclic) bond motifs is 1. The van der Waals surface area contributed by atoms with Crippen molar-refractivity contribution < 1.29 is 14.3 Å². The van der Waals surface area contributed by atoms with Crippen molar-refractivity contribution in [3.05, 3.63) is 23.4 Å². The summed E-state index contributed by atoms with van der Waals surface area (Å²) in [4.78, 5) is 31.5. The number of amides is 2. The quantitative estimate of drug-likeness (QED) is 0.412. The fourth-order valence-electron chi connectivity index (χ4n) is 4.90. The number of aryl methyl sites for hydroxylation is 2. The molecule has 2 aliphatic rings. The zero-order valence-electron chi connectivity index (χ0n) is 20.0. The minimum absolute atomic E-state index is 0.148. The Kier molecular flexibility index (Phi) is 9.18. The summed E-state index contributed by atoms with van der Waals surface area (Å²) in [6.07, 6.45) is 11.3. The van der Waals surface area contributed by atoms with Crippen molar-refractivity contribution in [3.63, 3.8) is 0 Å². The number of pyridine rings is 1. The Morgan fingerprint density at radius 1 is 1.16 bits per heavy atom. The van der Waals surface area contributed by atoms with Crippen LogP contribution in [0, 0.1) is 0 Å². The maximum atomic E-state index is 12.7. The van der Waals surface area contributed by atoms with Gasteiger partial charge in [0, 0.05) is 24.3 Å². The van der Waals surface area contributed by atoms with E-state index in [4.69, 9.17) is 9.72 Å². The topological polar surface area (TPSA) is 83.6 Å². The van der Waals surface area contributed by atoms with Crippen LogP contribution in [0.4, 0.5) is 10.6 Å². The van der Waals surface area contributed by atoms with E-state index in [1.807, 2.05) is 4.90 Å². The maximum absolute atomic E-state index is 12.7. The van der Waals surface area contributed by atoms with Gasteiger partial charge in [0.25, 0.3) is 0 Å². The molecule has 1 saturated heterocycles. The molecule has 7 heteroatoms. The number of unbranched alkanes of at least 4 members (excludes halogenated alkanes) is 4. The summed E-state index contributed by atoms with van der Waals surface area (Å²) in [5.74, 6) is 0.715. The third kappa shape index (κ3) is 6.59. The zero-order chi connectivity index (χ0) is 22.9. The number of rotatable bonds is 10. The summed E-state index contributed by atoms with van der Waals surface area (Å²) >= 11 is 0. The van der Waals surface area contributed by atoms with Crippen LogP contribution in [0.15, 0.2) is 12.1 Å². The summed E-state index contributed by atoms with van der Waals surface area (Å²) in [6, 6.07) is 4.09. The largest absolute Gasteiger partial charge is 0.467 e. The Morgan fingerprint density at radius 2 is 1.88 bits per heavy atom. The molecule has 1 aromatic rings. The van der Waals surface area contributed by atoms with E-state index in [9.17, 15) is 9.59 Å². The number of hydrogen-bond donors (Lipinski definition) is 2. The second-order valence-corrected chi connectivity index (χ2v) is 9.35. The molecule has 0 aromatic carbocycles.